The van der Waals surface area contributed by atoms with Crippen LogP contribution in [0.2, 0.25) is 0 Å². The topological polar surface area (TPSA) is 106 Å². The molecule has 2 aromatic rings. The molecule has 25 heavy (non-hydrogen) atoms. The van der Waals surface area contributed by atoms with E-state index < -0.39 is 10.0 Å². The van der Waals surface area contributed by atoms with Crippen molar-refractivity contribution >= 4 is 16.0 Å². The molecule has 0 saturated heterocycles. The molecule has 0 amide bonds. The van der Waals surface area contributed by atoms with Crippen LogP contribution in [-0.4, -0.2) is 34.6 Å². The SMILES string of the molecule is CN=C(NCCOc1ccccc1)NCc1ccc(S(N)(=O)=O)cc1. The second kappa shape index (κ2) is 9.05. The summed E-state index contributed by atoms with van der Waals surface area (Å²) >= 11 is 0. The van der Waals surface area contributed by atoms with Crippen molar-refractivity contribution in [1.82, 2.24) is 10.6 Å². The highest BCUT2D eigenvalue weighted by atomic mass is 32.2. The van der Waals surface area contributed by atoms with Crippen LogP contribution >= 0.6 is 0 Å². The van der Waals surface area contributed by atoms with Gasteiger partial charge in [-0.15, -0.1) is 0 Å². The molecule has 2 aromatic carbocycles. The van der Waals surface area contributed by atoms with Crippen molar-refractivity contribution < 1.29 is 13.2 Å². The zero-order chi connectivity index (χ0) is 18.1. The molecule has 0 radical (unpaired) electrons. The first-order chi connectivity index (χ1) is 12.0. The normalized spacial score (nSPS) is 11.8. The average Bonchev–Trinajstić information content (AvgIpc) is 2.61. The molecule has 0 aliphatic heterocycles. The highest BCUT2D eigenvalue weighted by molar-refractivity contribution is 7.89. The fourth-order valence-corrected chi connectivity index (χ4v) is 2.57. The van der Waals surface area contributed by atoms with Gasteiger partial charge in [0.2, 0.25) is 10.0 Å². The Morgan fingerprint density at radius 3 is 2.36 bits per heavy atom. The molecule has 8 heteroatoms. The summed E-state index contributed by atoms with van der Waals surface area (Å²) in [4.78, 5) is 4.22. The van der Waals surface area contributed by atoms with Gasteiger partial charge in [-0.3, -0.25) is 4.99 Å². The predicted molar refractivity (Wildman–Crippen MR) is 98.0 cm³/mol. The van der Waals surface area contributed by atoms with Gasteiger partial charge in [0.05, 0.1) is 11.4 Å². The van der Waals surface area contributed by atoms with Crippen molar-refractivity contribution in [2.75, 3.05) is 20.2 Å². The lowest BCUT2D eigenvalue weighted by atomic mass is 10.2. The number of nitrogens with two attached hydrogens (primary N) is 1. The number of sulfonamides is 1. The van der Waals surface area contributed by atoms with Crippen LogP contribution < -0.4 is 20.5 Å². The summed E-state index contributed by atoms with van der Waals surface area (Å²) in [5, 5.41) is 11.4. The summed E-state index contributed by atoms with van der Waals surface area (Å²) in [6.45, 7) is 1.61. The number of nitrogens with zero attached hydrogens (tertiary/aromatic N) is 1. The molecule has 0 aliphatic rings. The summed E-state index contributed by atoms with van der Waals surface area (Å²) < 4.78 is 28.0. The second-order valence-corrected chi connectivity index (χ2v) is 6.76. The van der Waals surface area contributed by atoms with Crippen LogP contribution in [0.5, 0.6) is 5.75 Å². The van der Waals surface area contributed by atoms with E-state index in [1.807, 2.05) is 30.3 Å². The zero-order valence-corrected chi connectivity index (χ0v) is 14.8. The Labute approximate surface area is 148 Å². The number of primary sulfonamides is 1. The van der Waals surface area contributed by atoms with Crippen LogP contribution in [0.4, 0.5) is 0 Å². The van der Waals surface area contributed by atoms with E-state index in [2.05, 4.69) is 15.6 Å². The van der Waals surface area contributed by atoms with Gasteiger partial charge in [0, 0.05) is 13.6 Å². The standard InChI is InChI=1S/C17H22N4O3S/c1-19-17(20-11-12-24-15-5-3-2-4-6-15)21-13-14-7-9-16(10-8-14)25(18,22)23/h2-10H,11-13H2,1H3,(H2,18,22,23)(H2,19,20,21). The van der Waals surface area contributed by atoms with Crippen LogP contribution in [0, 0.1) is 0 Å². The highest BCUT2D eigenvalue weighted by Crippen LogP contribution is 2.09. The van der Waals surface area contributed by atoms with Crippen LogP contribution in [-0.2, 0) is 16.6 Å². The summed E-state index contributed by atoms with van der Waals surface area (Å²) in [5.41, 5.74) is 0.913. The summed E-state index contributed by atoms with van der Waals surface area (Å²) in [7, 11) is -1.99. The average molecular weight is 362 g/mol. The number of guanidine groups is 1. The molecule has 0 heterocycles. The lowest BCUT2D eigenvalue weighted by Gasteiger charge is -2.12. The number of aliphatic imine (C=N–C) groups is 1. The molecule has 0 unspecified atom stereocenters. The van der Waals surface area contributed by atoms with E-state index in [4.69, 9.17) is 9.88 Å². The van der Waals surface area contributed by atoms with Crippen molar-refractivity contribution in [3.63, 3.8) is 0 Å². The number of ether oxygens (including phenoxy) is 1. The van der Waals surface area contributed by atoms with Gasteiger partial charge < -0.3 is 15.4 Å². The van der Waals surface area contributed by atoms with Crippen molar-refractivity contribution in [1.29, 1.82) is 0 Å². The van der Waals surface area contributed by atoms with Gasteiger partial charge in [0.15, 0.2) is 5.96 Å². The molecule has 0 spiro atoms. The smallest absolute Gasteiger partial charge is 0.238 e. The fraction of sp³-hybridized carbons (Fsp3) is 0.235. The lowest BCUT2D eigenvalue weighted by molar-refractivity contribution is 0.322. The minimum absolute atomic E-state index is 0.0943. The van der Waals surface area contributed by atoms with Gasteiger partial charge in [0.1, 0.15) is 12.4 Å². The fourth-order valence-electron chi connectivity index (χ4n) is 2.06. The van der Waals surface area contributed by atoms with E-state index in [9.17, 15) is 8.42 Å². The van der Waals surface area contributed by atoms with E-state index in [-0.39, 0.29) is 4.90 Å². The first-order valence-corrected chi connectivity index (χ1v) is 9.28. The Morgan fingerprint density at radius 2 is 1.76 bits per heavy atom. The van der Waals surface area contributed by atoms with Crippen LogP contribution in [0.25, 0.3) is 0 Å². The van der Waals surface area contributed by atoms with E-state index in [0.29, 0.717) is 25.7 Å². The number of nitrogens with one attached hydrogen (secondary N) is 2. The number of para-hydroxylation sites is 1. The third-order valence-corrected chi connectivity index (χ3v) is 4.27. The van der Waals surface area contributed by atoms with Crippen molar-refractivity contribution in [2.24, 2.45) is 10.1 Å². The maximum atomic E-state index is 11.2. The number of hydrogen-bond donors (Lipinski definition) is 3. The molecule has 134 valence electrons. The molecule has 0 saturated carbocycles. The molecule has 7 nitrogen and oxygen atoms in total. The minimum Gasteiger partial charge on any atom is -0.492 e. The summed E-state index contributed by atoms with van der Waals surface area (Å²) in [5.74, 6) is 1.45. The summed E-state index contributed by atoms with van der Waals surface area (Å²) in [6, 6.07) is 16.0. The molecule has 0 atom stereocenters. The van der Waals surface area contributed by atoms with E-state index >= 15 is 0 Å². The van der Waals surface area contributed by atoms with Gasteiger partial charge in [-0.25, -0.2) is 13.6 Å². The van der Waals surface area contributed by atoms with Crippen LogP contribution in [0.15, 0.2) is 64.5 Å². The number of hydrogen-bond acceptors (Lipinski definition) is 4. The zero-order valence-electron chi connectivity index (χ0n) is 14.0. The Bertz CT molecular complexity index is 790. The Hall–Kier alpha value is -2.58. The third-order valence-electron chi connectivity index (χ3n) is 3.34. The molecule has 0 aromatic heterocycles. The maximum Gasteiger partial charge on any atom is 0.238 e. The lowest BCUT2D eigenvalue weighted by Crippen LogP contribution is -2.38. The molecule has 4 N–H and O–H groups in total. The van der Waals surface area contributed by atoms with Crippen molar-refractivity contribution in [3.05, 3.63) is 60.2 Å². The van der Waals surface area contributed by atoms with E-state index in [0.717, 1.165) is 11.3 Å². The first kappa shape index (κ1) is 18.8. The quantitative estimate of drug-likeness (QED) is 0.388. The van der Waals surface area contributed by atoms with Crippen LogP contribution in [0.3, 0.4) is 0 Å². The largest absolute Gasteiger partial charge is 0.492 e. The highest BCUT2D eigenvalue weighted by Gasteiger charge is 2.06. The molecular formula is C17H22N4O3S. The van der Waals surface area contributed by atoms with Gasteiger partial charge >= 0.3 is 0 Å². The Balaban J connectivity index is 1.74. The van der Waals surface area contributed by atoms with Gasteiger partial charge in [-0.05, 0) is 29.8 Å². The molecule has 0 aliphatic carbocycles. The predicted octanol–water partition coefficient (Wildman–Crippen LogP) is 1.08. The van der Waals surface area contributed by atoms with E-state index in [1.54, 1.807) is 19.2 Å². The second-order valence-electron chi connectivity index (χ2n) is 5.20. The van der Waals surface area contributed by atoms with E-state index in [1.165, 1.54) is 12.1 Å². The molecule has 0 fully saturated rings. The van der Waals surface area contributed by atoms with Crippen molar-refractivity contribution in [2.45, 2.75) is 11.4 Å². The molecule has 2 rings (SSSR count). The number of benzene rings is 2. The first-order valence-electron chi connectivity index (χ1n) is 7.73. The monoisotopic (exact) mass is 362 g/mol. The van der Waals surface area contributed by atoms with Gasteiger partial charge in [-0.2, -0.15) is 0 Å². The van der Waals surface area contributed by atoms with Crippen LogP contribution in [0.1, 0.15) is 5.56 Å². The van der Waals surface area contributed by atoms with Gasteiger partial charge in [-0.1, -0.05) is 30.3 Å². The third kappa shape index (κ3) is 6.44. The molecule has 0 bridgehead atoms. The molecular weight excluding hydrogens is 340 g/mol. The van der Waals surface area contributed by atoms with Crippen molar-refractivity contribution in [3.8, 4) is 5.75 Å². The number of rotatable bonds is 7. The van der Waals surface area contributed by atoms with Gasteiger partial charge in [0.25, 0.3) is 0 Å². The minimum atomic E-state index is -3.66. The Morgan fingerprint density at radius 1 is 1.08 bits per heavy atom. The Kier molecular flexibility index (Phi) is 6.79. The maximum absolute atomic E-state index is 11.2. The summed E-state index contributed by atoms with van der Waals surface area (Å²) in [6.07, 6.45) is 0.